The summed E-state index contributed by atoms with van der Waals surface area (Å²) >= 11 is 1.46. The molecule has 5 aromatic rings. The van der Waals surface area contributed by atoms with Crippen molar-refractivity contribution >= 4 is 27.3 Å². The standard InChI is InChI=1S/C37H37F2N5O3S/c1-6-32(45)43-12-13-44-30(22(43)3)20-29(41-44)36-34(33-28(39)18-25(38)19-31(33)47-15-14-46-5)37-26(10-16-48-37)35(40-36)24-8-7-23-9-11-42(4)21(2)27(23)17-24/h6-8,10,16-22H,1,9,11-15H2,2-5H3. The van der Waals surface area contributed by atoms with E-state index in [1.54, 1.807) is 4.90 Å². The molecule has 2 aliphatic heterocycles. The lowest BCUT2D eigenvalue weighted by Gasteiger charge is -2.33. The molecule has 1 amide bonds. The van der Waals surface area contributed by atoms with Gasteiger partial charge in [-0.3, -0.25) is 14.4 Å². The number of rotatable bonds is 8. The Morgan fingerprint density at radius 2 is 1.88 bits per heavy atom. The number of pyridine rings is 1. The lowest BCUT2D eigenvalue weighted by Crippen LogP contribution is -2.40. The molecule has 3 aromatic heterocycles. The second kappa shape index (κ2) is 12.9. The first kappa shape index (κ1) is 32.1. The van der Waals surface area contributed by atoms with Gasteiger partial charge in [0.2, 0.25) is 5.91 Å². The van der Waals surface area contributed by atoms with Crippen molar-refractivity contribution in [2.24, 2.45) is 0 Å². The molecule has 0 aliphatic carbocycles. The Balaban J connectivity index is 1.49. The Morgan fingerprint density at radius 3 is 2.67 bits per heavy atom. The van der Waals surface area contributed by atoms with Gasteiger partial charge in [-0.25, -0.2) is 13.8 Å². The molecule has 0 spiro atoms. The van der Waals surface area contributed by atoms with E-state index in [4.69, 9.17) is 19.6 Å². The van der Waals surface area contributed by atoms with Gasteiger partial charge in [0.15, 0.2) is 0 Å². The number of nitrogens with zero attached hydrogens (tertiary/aromatic N) is 5. The van der Waals surface area contributed by atoms with Crippen LogP contribution < -0.4 is 4.74 Å². The first-order valence-electron chi connectivity index (χ1n) is 16.1. The van der Waals surface area contributed by atoms with E-state index in [1.807, 2.05) is 29.1 Å². The maximum absolute atomic E-state index is 16.1. The highest BCUT2D eigenvalue weighted by Gasteiger charge is 2.32. The van der Waals surface area contributed by atoms with Crippen molar-refractivity contribution in [3.63, 3.8) is 0 Å². The topological polar surface area (TPSA) is 72.7 Å². The van der Waals surface area contributed by atoms with Gasteiger partial charge in [-0.2, -0.15) is 5.10 Å². The van der Waals surface area contributed by atoms with E-state index in [0.717, 1.165) is 46.1 Å². The third-order valence-corrected chi connectivity index (χ3v) is 10.6. The van der Waals surface area contributed by atoms with Gasteiger partial charge in [-0.15, -0.1) is 11.3 Å². The van der Waals surface area contributed by atoms with Crippen molar-refractivity contribution in [3.8, 4) is 39.5 Å². The predicted molar refractivity (Wildman–Crippen MR) is 184 cm³/mol. The molecule has 11 heteroatoms. The summed E-state index contributed by atoms with van der Waals surface area (Å²) in [6, 6.07) is 12.5. The molecule has 2 aliphatic rings. The smallest absolute Gasteiger partial charge is 0.246 e. The van der Waals surface area contributed by atoms with Gasteiger partial charge >= 0.3 is 0 Å². The van der Waals surface area contributed by atoms with Crippen LogP contribution in [0, 0.1) is 11.6 Å². The molecule has 0 N–H and O–H groups in total. The first-order chi connectivity index (χ1) is 23.2. The van der Waals surface area contributed by atoms with Gasteiger partial charge in [0, 0.05) is 59.6 Å². The zero-order valence-corrected chi connectivity index (χ0v) is 28.2. The van der Waals surface area contributed by atoms with E-state index in [1.165, 1.54) is 41.7 Å². The van der Waals surface area contributed by atoms with Crippen molar-refractivity contribution in [1.29, 1.82) is 0 Å². The number of thiophene rings is 1. The lowest BCUT2D eigenvalue weighted by atomic mass is 9.90. The number of fused-ring (bicyclic) bond motifs is 3. The summed E-state index contributed by atoms with van der Waals surface area (Å²) in [5.74, 6) is -1.61. The number of methoxy groups -OCH3 is 1. The van der Waals surface area contributed by atoms with Crippen molar-refractivity contribution in [1.82, 2.24) is 24.6 Å². The summed E-state index contributed by atoms with van der Waals surface area (Å²) < 4.78 is 44.6. The predicted octanol–water partition coefficient (Wildman–Crippen LogP) is 7.44. The number of aromatic nitrogens is 3. The molecule has 7 rings (SSSR count). The van der Waals surface area contributed by atoms with Crippen LogP contribution in [0.15, 0.2) is 60.5 Å². The number of halogens is 2. The summed E-state index contributed by atoms with van der Waals surface area (Å²) in [5, 5.41) is 7.79. The maximum Gasteiger partial charge on any atom is 0.246 e. The fourth-order valence-corrected chi connectivity index (χ4v) is 7.88. The molecule has 48 heavy (non-hydrogen) atoms. The molecule has 2 unspecified atom stereocenters. The molecule has 2 aromatic carbocycles. The number of carbonyl (C=O) groups is 1. The van der Waals surface area contributed by atoms with E-state index >= 15 is 4.39 Å². The van der Waals surface area contributed by atoms with Crippen molar-refractivity contribution < 1.29 is 23.0 Å². The van der Waals surface area contributed by atoms with Crippen molar-refractivity contribution in [2.75, 3.05) is 40.5 Å². The summed E-state index contributed by atoms with van der Waals surface area (Å²) in [6.07, 6.45) is 2.29. The Hall–Kier alpha value is -4.45. The van der Waals surface area contributed by atoms with Crippen LogP contribution in [0.1, 0.15) is 42.8 Å². The largest absolute Gasteiger partial charge is 0.490 e. The monoisotopic (exact) mass is 669 g/mol. The number of hydrogen-bond donors (Lipinski definition) is 0. The Labute approximate surface area is 282 Å². The van der Waals surface area contributed by atoms with Gasteiger partial charge in [0.1, 0.15) is 35.4 Å². The van der Waals surface area contributed by atoms with Crippen LogP contribution >= 0.6 is 11.3 Å². The van der Waals surface area contributed by atoms with Crippen LogP contribution in [0.5, 0.6) is 5.75 Å². The molecule has 0 saturated carbocycles. The maximum atomic E-state index is 16.1. The van der Waals surface area contributed by atoms with Crippen LogP contribution in [-0.2, 0) is 22.5 Å². The van der Waals surface area contributed by atoms with Crippen LogP contribution in [0.3, 0.4) is 0 Å². The second-order valence-corrected chi connectivity index (χ2v) is 13.3. The van der Waals surface area contributed by atoms with E-state index in [0.29, 0.717) is 30.0 Å². The van der Waals surface area contributed by atoms with E-state index in [9.17, 15) is 9.18 Å². The minimum absolute atomic E-state index is 0.0563. The molecule has 5 heterocycles. The molecule has 2 atom stereocenters. The van der Waals surface area contributed by atoms with Crippen LogP contribution in [-0.4, -0.2) is 70.9 Å². The number of benzene rings is 2. The molecular formula is C37H37F2N5O3S. The molecule has 8 nitrogen and oxygen atoms in total. The number of hydrogen-bond acceptors (Lipinski definition) is 7. The Bertz CT molecular complexity index is 2060. The summed E-state index contributed by atoms with van der Waals surface area (Å²) in [5.41, 5.74) is 6.66. The Morgan fingerprint density at radius 1 is 1.04 bits per heavy atom. The Kier molecular flexibility index (Phi) is 8.61. The van der Waals surface area contributed by atoms with Crippen LogP contribution in [0.2, 0.25) is 0 Å². The van der Waals surface area contributed by atoms with Crippen molar-refractivity contribution in [2.45, 2.75) is 38.9 Å². The molecule has 0 fully saturated rings. The minimum atomic E-state index is -0.765. The van der Waals surface area contributed by atoms with Gasteiger partial charge in [0.05, 0.1) is 36.1 Å². The highest BCUT2D eigenvalue weighted by molar-refractivity contribution is 7.18. The minimum Gasteiger partial charge on any atom is -0.490 e. The van der Waals surface area contributed by atoms with Gasteiger partial charge in [0.25, 0.3) is 0 Å². The molecule has 0 saturated heterocycles. The highest BCUT2D eigenvalue weighted by Crippen LogP contribution is 2.48. The normalized spacial score (nSPS) is 17.8. The van der Waals surface area contributed by atoms with Crippen LogP contribution in [0.25, 0.3) is 43.9 Å². The quantitative estimate of drug-likeness (QED) is 0.126. The summed E-state index contributed by atoms with van der Waals surface area (Å²) in [4.78, 5) is 22.0. The van der Waals surface area contributed by atoms with Gasteiger partial charge in [-0.05, 0) is 68.1 Å². The number of amides is 1. The lowest BCUT2D eigenvalue weighted by molar-refractivity contribution is -0.129. The fraction of sp³-hybridized carbons (Fsp3) is 0.324. The third kappa shape index (κ3) is 5.49. The number of ether oxygens (including phenoxy) is 2. The molecule has 0 bridgehead atoms. The van der Waals surface area contributed by atoms with Crippen LogP contribution in [0.4, 0.5) is 8.78 Å². The summed E-state index contributed by atoms with van der Waals surface area (Å²) in [6.45, 7) is 10.1. The van der Waals surface area contributed by atoms with E-state index in [-0.39, 0.29) is 42.5 Å². The zero-order valence-electron chi connectivity index (χ0n) is 27.4. The molecule has 248 valence electrons. The van der Waals surface area contributed by atoms with Gasteiger partial charge < -0.3 is 14.4 Å². The van der Waals surface area contributed by atoms with E-state index < -0.39 is 11.6 Å². The van der Waals surface area contributed by atoms with E-state index in [2.05, 4.69) is 43.6 Å². The average molecular weight is 670 g/mol. The average Bonchev–Trinajstić information content (AvgIpc) is 3.74. The third-order valence-electron chi connectivity index (χ3n) is 9.65. The number of likely N-dealkylation sites (N-methyl/N-ethyl adjacent to an activating group) is 1. The summed E-state index contributed by atoms with van der Waals surface area (Å²) in [7, 11) is 3.68. The number of carbonyl (C=O) groups excluding carboxylic acids is 1. The zero-order chi connectivity index (χ0) is 33.7. The second-order valence-electron chi connectivity index (χ2n) is 12.4. The first-order valence-corrected chi connectivity index (χ1v) is 16.9. The molecular weight excluding hydrogens is 633 g/mol. The SMILES string of the molecule is C=CC(=O)N1CCn2nc(-c3nc(-c4ccc5c(c4)C(C)N(C)CC5)c4ccsc4c3-c3c(F)cc(F)cc3OCCOC)cc2C1C. The molecule has 0 radical (unpaired) electrons. The fourth-order valence-electron chi connectivity index (χ4n) is 6.93. The van der Waals surface area contributed by atoms with Crippen molar-refractivity contribution in [3.05, 3.63) is 89.0 Å². The highest BCUT2D eigenvalue weighted by atomic mass is 32.1. The van der Waals surface area contributed by atoms with Gasteiger partial charge in [-0.1, -0.05) is 18.7 Å².